The molecule has 2 rings (SSSR count). The quantitative estimate of drug-likeness (QED) is 0.652. The molecule has 0 saturated carbocycles. The summed E-state index contributed by atoms with van der Waals surface area (Å²) in [5.41, 5.74) is 8.63. The molecule has 0 bridgehead atoms. The van der Waals surface area contributed by atoms with Gasteiger partial charge in [0.1, 0.15) is 0 Å². The average molecular weight is 285 g/mol. The summed E-state index contributed by atoms with van der Waals surface area (Å²) in [7, 11) is 0. The summed E-state index contributed by atoms with van der Waals surface area (Å²) in [5, 5.41) is 3.28. The van der Waals surface area contributed by atoms with E-state index in [1.165, 1.54) is 0 Å². The van der Waals surface area contributed by atoms with Crippen molar-refractivity contribution in [3.8, 4) is 0 Å². The second kappa shape index (κ2) is 6.74. The molecule has 1 aromatic carbocycles. The normalized spacial score (nSPS) is 11.7. The van der Waals surface area contributed by atoms with Crippen LogP contribution in [0.4, 0.5) is 11.4 Å². The van der Waals surface area contributed by atoms with Crippen LogP contribution in [-0.4, -0.2) is 17.6 Å². The SMILES string of the molecule is CCOC(=O)c1ccc(NC(C)c2ccccn2)c(N)c1. The van der Waals surface area contributed by atoms with Crippen molar-refractivity contribution >= 4 is 17.3 Å². The summed E-state index contributed by atoms with van der Waals surface area (Å²) in [6, 6.07) is 10.9. The van der Waals surface area contributed by atoms with Gasteiger partial charge >= 0.3 is 5.97 Å². The van der Waals surface area contributed by atoms with Gasteiger partial charge in [-0.25, -0.2) is 4.79 Å². The van der Waals surface area contributed by atoms with Crippen LogP contribution in [0, 0.1) is 0 Å². The number of carbonyl (C=O) groups excluding carboxylic acids is 1. The van der Waals surface area contributed by atoms with Crippen molar-refractivity contribution in [1.29, 1.82) is 0 Å². The number of esters is 1. The summed E-state index contributed by atoms with van der Waals surface area (Å²) < 4.78 is 4.95. The topological polar surface area (TPSA) is 77.2 Å². The van der Waals surface area contributed by atoms with Crippen LogP contribution in [-0.2, 0) is 4.74 Å². The van der Waals surface area contributed by atoms with E-state index < -0.39 is 0 Å². The number of pyridine rings is 1. The lowest BCUT2D eigenvalue weighted by molar-refractivity contribution is 0.0526. The van der Waals surface area contributed by atoms with E-state index in [1.54, 1.807) is 31.3 Å². The third kappa shape index (κ3) is 3.72. The van der Waals surface area contributed by atoms with Crippen molar-refractivity contribution in [3.05, 3.63) is 53.9 Å². The lowest BCUT2D eigenvalue weighted by Gasteiger charge is -2.16. The largest absolute Gasteiger partial charge is 0.462 e. The van der Waals surface area contributed by atoms with Crippen LogP contribution in [0.25, 0.3) is 0 Å². The van der Waals surface area contributed by atoms with Gasteiger partial charge in [-0.05, 0) is 44.2 Å². The lowest BCUT2D eigenvalue weighted by Crippen LogP contribution is -2.11. The molecule has 0 saturated heterocycles. The minimum Gasteiger partial charge on any atom is -0.462 e. The first-order chi connectivity index (χ1) is 10.1. The standard InChI is InChI=1S/C16H19N3O2/c1-3-21-16(20)12-7-8-15(13(17)10-12)19-11(2)14-6-4-5-9-18-14/h4-11,19H,3,17H2,1-2H3. The molecule has 0 amide bonds. The molecule has 1 heterocycles. The Morgan fingerprint density at radius 1 is 1.38 bits per heavy atom. The molecule has 0 aliphatic rings. The fraction of sp³-hybridized carbons (Fsp3) is 0.250. The Hall–Kier alpha value is -2.56. The molecule has 0 aliphatic heterocycles. The van der Waals surface area contributed by atoms with E-state index in [9.17, 15) is 4.79 Å². The minimum absolute atomic E-state index is 0.0157. The first-order valence-electron chi connectivity index (χ1n) is 6.86. The molecule has 110 valence electrons. The first kappa shape index (κ1) is 14.8. The lowest BCUT2D eigenvalue weighted by atomic mass is 10.1. The molecule has 5 nitrogen and oxygen atoms in total. The van der Waals surface area contributed by atoms with Crippen molar-refractivity contribution in [2.75, 3.05) is 17.7 Å². The molecule has 21 heavy (non-hydrogen) atoms. The van der Waals surface area contributed by atoms with Crippen molar-refractivity contribution in [2.24, 2.45) is 0 Å². The molecular weight excluding hydrogens is 266 g/mol. The molecule has 0 spiro atoms. The zero-order chi connectivity index (χ0) is 15.2. The Balaban J connectivity index is 2.13. The average Bonchev–Trinajstić information content (AvgIpc) is 2.50. The number of nitrogen functional groups attached to an aromatic ring is 1. The highest BCUT2D eigenvalue weighted by Gasteiger charge is 2.11. The van der Waals surface area contributed by atoms with Gasteiger partial charge in [-0.2, -0.15) is 0 Å². The maximum Gasteiger partial charge on any atom is 0.338 e. The molecule has 3 N–H and O–H groups in total. The van der Waals surface area contributed by atoms with Gasteiger partial charge in [0.15, 0.2) is 0 Å². The van der Waals surface area contributed by atoms with Crippen LogP contribution >= 0.6 is 0 Å². The van der Waals surface area contributed by atoms with Gasteiger partial charge in [0.05, 0.1) is 35.3 Å². The highest BCUT2D eigenvalue weighted by Crippen LogP contribution is 2.24. The first-order valence-corrected chi connectivity index (χ1v) is 6.86. The summed E-state index contributed by atoms with van der Waals surface area (Å²) in [5.74, 6) is -0.367. The minimum atomic E-state index is -0.367. The van der Waals surface area contributed by atoms with E-state index in [-0.39, 0.29) is 12.0 Å². The molecule has 5 heteroatoms. The second-order valence-corrected chi connectivity index (χ2v) is 4.64. The predicted octanol–water partition coefficient (Wildman–Crippen LogP) is 3.01. The van der Waals surface area contributed by atoms with Gasteiger partial charge in [-0.15, -0.1) is 0 Å². The van der Waals surface area contributed by atoms with Crippen molar-refractivity contribution in [2.45, 2.75) is 19.9 Å². The Labute approximate surface area is 124 Å². The molecule has 1 unspecified atom stereocenters. The Morgan fingerprint density at radius 2 is 2.19 bits per heavy atom. The Kier molecular flexibility index (Phi) is 4.77. The number of anilines is 2. The number of carbonyl (C=O) groups is 1. The molecule has 2 aromatic rings. The Morgan fingerprint density at radius 3 is 2.81 bits per heavy atom. The fourth-order valence-electron chi connectivity index (χ4n) is 1.97. The van der Waals surface area contributed by atoms with Gasteiger partial charge in [0, 0.05) is 6.20 Å². The van der Waals surface area contributed by atoms with Crippen LogP contribution in [0.5, 0.6) is 0 Å². The van der Waals surface area contributed by atoms with Gasteiger partial charge in [-0.3, -0.25) is 4.98 Å². The number of nitrogens with two attached hydrogens (primary N) is 1. The van der Waals surface area contributed by atoms with Crippen molar-refractivity contribution < 1.29 is 9.53 Å². The summed E-state index contributed by atoms with van der Waals surface area (Å²) >= 11 is 0. The van der Waals surface area contributed by atoms with Crippen LogP contribution in [0.2, 0.25) is 0 Å². The highest BCUT2D eigenvalue weighted by atomic mass is 16.5. The van der Waals surface area contributed by atoms with Gasteiger partial charge < -0.3 is 15.8 Å². The van der Waals surface area contributed by atoms with Crippen LogP contribution in [0.1, 0.15) is 35.9 Å². The zero-order valence-corrected chi connectivity index (χ0v) is 12.2. The number of nitrogens with zero attached hydrogens (tertiary/aromatic N) is 1. The smallest absolute Gasteiger partial charge is 0.338 e. The van der Waals surface area contributed by atoms with Crippen LogP contribution < -0.4 is 11.1 Å². The molecule has 0 radical (unpaired) electrons. The molecule has 0 aliphatic carbocycles. The van der Waals surface area contributed by atoms with E-state index in [0.717, 1.165) is 11.4 Å². The molecule has 1 aromatic heterocycles. The number of hydrogen-bond donors (Lipinski definition) is 2. The van der Waals surface area contributed by atoms with Gasteiger partial charge in [0.25, 0.3) is 0 Å². The van der Waals surface area contributed by atoms with E-state index in [1.807, 2.05) is 25.1 Å². The summed E-state index contributed by atoms with van der Waals surface area (Å²) in [6.45, 7) is 4.11. The van der Waals surface area contributed by atoms with E-state index >= 15 is 0 Å². The monoisotopic (exact) mass is 285 g/mol. The maximum absolute atomic E-state index is 11.6. The molecule has 1 atom stereocenters. The van der Waals surface area contributed by atoms with E-state index in [4.69, 9.17) is 10.5 Å². The van der Waals surface area contributed by atoms with Crippen molar-refractivity contribution in [1.82, 2.24) is 4.98 Å². The number of benzene rings is 1. The summed E-state index contributed by atoms with van der Waals surface area (Å²) in [6.07, 6.45) is 1.75. The second-order valence-electron chi connectivity index (χ2n) is 4.64. The van der Waals surface area contributed by atoms with E-state index in [2.05, 4.69) is 10.3 Å². The number of rotatable bonds is 5. The Bertz CT molecular complexity index is 614. The number of hydrogen-bond acceptors (Lipinski definition) is 5. The number of ether oxygens (including phenoxy) is 1. The molecular formula is C16H19N3O2. The van der Waals surface area contributed by atoms with Crippen molar-refractivity contribution in [3.63, 3.8) is 0 Å². The maximum atomic E-state index is 11.6. The van der Waals surface area contributed by atoms with Crippen LogP contribution in [0.15, 0.2) is 42.6 Å². The predicted molar refractivity (Wildman–Crippen MR) is 83.1 cm³/mol. The summed E-state index contributed by atoms with van der Waals surface area (Å²) in [4.78, 5) is 15.9. The number of nitrogens with one attached hydrogen (secondary N) is 1. The third-order valence-corrected chi connectivity index (χ3v) is 3.07. The van der Waals surface area contributed by atoms with Crippen LogP contribution in [0.3, 0.4) is 0 Å². The third-order valence-electron chi connectivity index (χ3n) is 3.07. The number of aromatic nitrogens is 1. The molecule has 0 fully saturated rings. The zero-order valence-electron chi connectivity index (χ0n) is 12.2. The fourth-order valence-corrected chi connectivity index (χ4v) is 1.97. The van der Waals surface area contributed by atoms with Gasteiger partial charge in [0.2, 0.25) is 0 Å². The highest BCUT2D eigenvalue weighted by molar-refractivity contribution is 5.92. The van der Waals surface area contributed by atoms with Gasteiger partial charge in [-0.1, -0.05) is 6.07 Å². The van der Waals surface area contributed by atoms with E-state index in [0.29, 0.717) is 17.9 Å².